The molecule has 1 heterocycles. The summed E-state index contributed by atoms with van der Waals surface area (Å²) in [4.78, 5) is 26.0. The molecule has 1 saturated carbocycles. The molecule has 2 atom stereocenters. The van der Waals surface area contributed by atoms with Crippen molar-refractivity contribution >= 4 is 11.9 Å². The molecule has 2 fully saturated rings. The highest BCUT2D eigenvalue weighted by Crippen LogP contribution is 2.46. The normalized spacial score (nSPS) is 27.2. The lowest BCUT2D eigenvalue weighted by Crippen LogP contribution is -2.50. The van der Waals surface area contributed by atoms with Gasteiger partial charge in [0.25, 0.3) is 0 Å². The van der Waals surface area contributed by atoms with E-state index in [0.717, 1.165) is 24.8 Å². The Balaban J connectivity index is 1.83. The summed E-state index contributed by atoms with van der Waals surface area (Å²) in [5.41, 5.74) is 0.668. The van der Waals surface area contributed by atoms with Crippen LogP contribution in [0.4, 0.5) is 0 Å². The molecule has 1 aliphatic carbocycles. The molecule has 0 bridgehead atoms. The molecule has 0 radical (unpaired) electrons. The number of hydrogen-bond acceptors (Lipinski definition) is 2. The Bertz CT molecular complexity index is 550. The number of rotatable bonds is 3. The average molecular weight is 287 g/mol. The van der Waals surface area contributed by atoms with Crippen molar-refractivity contribution in [1.29, 1.82) is 0 Å². The average Bonchev–Trinajstić information content (AvgIpc) is 2.81. The van der Waals surface area contributed by atoms with Crippen molar-refractivity contribution in [2.24, 2.45) is 11.8 Å². The van der Waals surface area contributed by atoms with Crippen LogP contribution in [0.1, 0.15) is 31.7 Å². The summed E-state index contributed by atoms with van der Waals surface area (Å²) in [6.45, 7) is 2.83. The van der Waals surface area contributed by atoms with E-state index in [9.17, 15) is 14.7 Å². The maximum absolute atomic E-state index is 13.0. The molecule has 1 saturated heterocycles. The van der Waals surface area contributed by atoms with Gasteiger partial charge in [0.15, 0.2) is 0 Å². The molecule has 1 aliphatic heterocycles. The number of hydrogen-bond donors (Lipinski definition) is 1. The first kappa shape index (κ1) is 14.1. The van der Waals surface area contributed by atoms with Gasteiger partial charge in [-0.2, -0.15) is 0 Å². The molecule has 1 aromatic rings. The predicted molar refractivity (Wildman–Crippen MR) is 78.8 cm³/mol. The number of carboxylic acid groups (broad SMARTS) is 1. The fraction of sp³-hybridized carbons (Fsp3) is 0.529. The van der Waals surface area contributed by atoms with Gasteiger partial charge in [-0.1, -0.05) is 43.7 Å². The monoisotopic (exact) mass is 287 g/mol. The van der Waals surface area contributed by atoms with Crippen molar-refractivity contribution < 1.29 is 14.7 Å². The van der Waals surface area contributed by atoms with E-state index < -0.39 is 17.3 Å². The number of carbonyl (C=O) groups excluding carboxylic acids is 1. The molecule has 0 spiro atoms. The summed E-state index contributed by atoms with van der Waals surface area (Å²) < 4.78 is 0. The van der Waals surface area contributed by atoms with Crippen molar-refractivity contribution in [2.45, 2.75) is 31.6 Å². The quantitative estimate of drug-likeness (QED) is 0.928. The summed E-state index contributed by atoms with van der Waals surface area (Å²) in [5, 5.41) is 9.24. The number of likely N-dealkylation sites (tertiary alicyclic amines) is 1. The van der Waals surface area contributed by atoms with Gasteiger partial charge in [-0.3, -0.25) is 9.59 Å². The highest BCUT2D eigenvalue weighted by atomic mass is 16.4. The Hall–Kier alpha value is -1.84. The van der Waals surface area contributed by atoms with Crippen molar-refractivity contribution in [3.05, 3.63) is 35.9 Å². The first-order valence-corrected chi connectivity index (χ1v) is 7.62. The summed E-state index contributed by atoms with van der Waals surface area (Å²) in [5.74, 6) is -1.07. The second kappa shape index (κ2) is 5.17. The van der Waals surface area contributed by atoms with Gasteiger partial charge in [-0.15, -0.1) is 0 Å². The second-order valence-electron chi connectivity index (χ2n) is 6.43. The van der Waals surface area contributed by atoms with Crippen LogP contribution < -0.4 is 0 Å². The van der Waals surface area contributed by atoms with E-state index in [2.05, 4.69) is 0 Å². The zero-order chi connectivity index (χ0) is 15.0. The number of nitrogens with zero attached hydrogens (tertiary/aromatic N) is 1. The van der Waals surface area contributed by atoms with E-state index in [4.69, 9.17) is 0 Å². The SMILES string of the molecule is CC1CN(C(=O)C2(c3ccccc3)CCC2)CC1C(=O)O. The lowest BCUT2D eigenvalue weighted by Gasteiger charge is -2.43. The Morgan fingerprint density at radius 1 is 1.19 bits per heavy atom. The molecule has 4 nitrogen and oxygen atoms in total. The molecule has 0 aromatic heterocycles. The third-order valence-corrected chi connectivity index (χ3v) is 5.16. The van der Waals surface area contributed by atoms with Gasteiger partial charge >= 0.3 is 5.97 Å². The third kappa shape index (κ3) is 2.23. The van der Waals surface area contributed by atoms with Crippen LogP contribution in [0.3, 0.4) is 0 Å². The molecular weight excluding hydrogens is 266 g/mol. The fourth-order valence-electron chi connectivity index (χ4n) is 3.67. The maximum atomic E-state index is 13.0. The van der Waals surface area contributed by atoms with E-state index >= 15 is 0 Å². The lowest BCUT2D eigenvalue weighted by molar-refractivity contribution is -0.143. The molecule has 2 unspecified atom stereocenters. The number of amides is 1. The van der Waals surface area contributed by atoms with Crippen LogP contribution in [0.5, 0.6) is 0 Å². The molecule has 1 aromatic carbocycles. The highest BCUT2D eigenvalue weighted by Gasteiger charge is 2.50. The zero-order valence-electron chi connectivity index (χ0n) is 12.3. The largest absolute Gasteiger partial charge is 0.481 e. The minimum absolute atomic E-state index is 0.0272. The van der Waals surface area contributed by atoms with E-state index in [1.807, 2.05) is 37.3 Å². The van der Waals surface area contributed by atoms with E-state index in [1.165, 1.54) is 0 Å². The molecule has 2 aliphatic rings. The van der Waals surface area contributed by atoms with Gasteiger partial charge in [0.05, 0.1) is 11.3 Å². The Morgan fingerprint density at radius 2 is 1.86 bits per heavy atom. The van der Waals surface area contributed by atoms with Crippen molar-refractivity contribution in [1.82, 2.24) is 4.90 Å². The molecular formula is C17H21NO3. The van der Waals surface area contributed by atoms with Gasteiger partial charge in [-0.05, 0) is 24.3 Å². The fourth-order valence-corrected chi connectivity index (χ4v) is 3.67. The number of carboxylic acids is 1. The first-order valence-electron chi connectivity index (χ1n) is 7.62. The van der Waals surface area contributed by atoms with Crippen molar-refractivity contribution in [3.63, 3.8) is 0 Å². The number of carbonyl (C=O) groups is 2. The molecule has 1 N–H and O–H groups in total. The van der Waals surface area contributed by atoms with Crippen LogP contribution in [0.15, 0.2) is 30.3 Å². The van der Waals surface area contributed by atoms with Gasteiger partial charge in [0.1, 0.15) is 0 Å². The second-order valence-corrected chi connectivity index (χ2v) is 6.43. The van der Waals surface area contributed by atoms with Crippen LogP contribution >= 0.6 is 0 Å². The Labute approximate surface area is 124 Å². The molecule has 4 heteroatoms. The Morgan fingerprint density at radius 3 is 2.33 bits per heavy atom. The zero-order valence-corrected chi connectivity index (χ0v) is 12.3. The van der Waals surface area contributed by atoms with E-state index in [-0.39, 0.29) is 11.8 Å². The van der Waals surface area contributed by atoms with Gasteiger partial charge < -0.3 is 10.0 Å². The minimum atomic E-state index is -0.792. The lowest BCUT2D eigenvalue weighted by atomic mass is 9.63. The molecule has 112 valence electrons. The smallest absolute Gasteiger partial charge is 0.308 e. The number of benzene rings is 1. The summed E-state index contributed by atoms with van der Waals surface area (Å²) in [6.07, 6.45) is 2.81. The van der Waals surface area contributed by atoms with Crippen LogP contribution in [0, 0.1) is 11.8 Å². The third-order valence-electron chi connectivity index (χ3n) is 5.16. The van der Waals surface area contributed by atoms with E-state index in [1.54, 1.807) is 4.90 Å². The Kier molecular flexibility index (Phi) is 3.47. The highest BCUT2D eigenvalue weighted by molar-refractivity contribution is 5.90. The van der Waals surface area contributed by atoms with Gasteiger partial charge in [0.2, 0.25) is 5.91 Å². The minimum Gasteiger partial charge on any atom is -0.481 e. The van der Waals surface area contributed by atoms with Gasteiger partial charge in [-0.25, -0.2) is 0 Å². The predicted octanol–water partition coefficient (Wildman–Crippen LogP) is 2.29. The van der Waals surface area contributed by atoms with Gasteiger partial charge in [0, 0.05) is 13.1 Å². The first-order chi connectivity index (χ1) is 10.0. The standard InChI is InChI=1S/C17H21NO3/c1-12-10-18(11-14(12)15(19)20)16(21)17(8-5-9-17)13-6-3-2-4-7-13/h2-4,6-7,12,14H,5,8-11H2,1H3,(H,19,20). The van der Waals surface area contributed by atoms with Crippen LogP contribution in [-0.4, -0.2) is 35.0 Å². The topological polar surface area (TPSA) is 57.6 Å². The van der Waals surface area contributed by atoms with Crippen molar-refractivity contribution in [2.75, 3.05) is 13.1 Å². The van der Waals surface area contributed by atoms with Crippen LogP contribution in [0.25, 0.3) is 0 Å². The summed E-state index contributed by atoms with van der Waals surface area (Å²) >= 11 is 0. The molecule has 21 heavy (non-hydrogen) atoms. The molecule has 3 rings (SSSR count). The maximum Gasteiger partial charge on any atom is 0.308 e. The van der Waals surface area contributed by atoms with E-state index in [0.29, 0.717) is 13.1 Å². The number of aliphatic carboxylic acids is 1. The van der Waals surface area contributed by atoms with Crippen molar-refractivity contribution in [3.8, 4) is 0 Å². The molecule has 1 amide bonds. The summed E-state index contributed by atoms with van der Waals surface area (Å²) in [6, 6.07) is 9.93. The van der Waals surface area contributed by atoms with Crippen LogP contribution in [0.2, 0.25) is 0 Å². The van der Waals surface area contributed by atoms with Crippen LogP contribution in [-0.2, 0) is 15.0 Å². The summed E-state index contributed by atoms with van der Waals surface area (Å²) in [7, 11) is 0.